The van der Waals surface area contributed by atoms with Gasteiger partial charge in [-0.3, -0.25) is 0 Å². The summed E-state index contributed by atoms with van der Waals surface area (Å²) in [5.74, 6) is 1.95. The van der Waals surface area contributed by atoms with E-state index in [0.717, 1.165) is 5.82 Å². The number of nitrogens with zero attached hydrogens (tertiary/aromatic N) is 3. The topological polar surface area (TPSA) is 60.1 Å². The Morgan fingerprint density at radius 3 is 2.83 bits per heavy atom. The number of methoxy groups -OCH3 is 1. The standard InChI is InChI=1S/C13H13N3O2/c1-16-6-5-15-13(16)9-18-12-7-10(8-14)3-4-11(12)17-2/h3-7H,9H2,1-2H3. The zero-order valence-electron chi connectivity index (χ0n) is 10.3. The second kappa shape index (κ2) is 5.23. The molecule has 5 heteroatoms. The molecule has 0 N–H and O–H groups in total. The van der Waals surface area contributed by atoms with Gasteiger partial charge in [0.05, 0.1) is 18.7 Å². The van der Waals surface area contributed by atoms with Crippen molar-refractivity contribution < 1.29 is 9.47 Å². The summed E-state index contributed by atoms with van der Waals surface area (Å²) in [5.41, 5.74) is 0.533. The second-order valence-electron chi connectivity index (χ2n) is 3.72. The van der Waals surface area contributed by atoms with Gasteiger partial charge < -0.3 is 14.0 Å². The first-order chi connectivity index (χ1) is 8.74. The molecule has 18 heavy (non-hydrogen) atoms. The van der Waals surface area contributed by atoms with Gasteiger partial charge in [-0.1, -0.05) is 0 Å². The zero-order chi connectivity index (χ0) is 13.0. The molecule has 1 aromatic carbocycles. The Morgan fingerprint density at radius 2 is 2.22 bits per heavy atom. The van der Waals surface area contributed by atoms with Gasteiger partial charge in [0, 0.05) is 25.5 Å². The van der Waals surface area contributed by atoms with Gasteiger partial charge >= 0.3 is 0 Å². The molecule has 0 aliphatic heterocycles. The van der Waals surface area contributed by atoms with E-state index in [1.165, 1.54) is 0 Å². The summed E-state index contributed by atoms with van der Waals surface area (Å²) in [6, 6.07) is 7.12. The maximum Gasteiger partial charge on any atom is 0.163 e. The average Bonchev–Trinajstić information content (AvgIpc) is 2.81. The largest absolute Gasteiger partial charge is 0.493 e. The maximum absolute atomic E-state index is 8.86. The molecule has 0 aliphatic carbocycles. The van der Waals surface area contributed by atoms with Gasteiger partial charge in [-0.15, -0.1) is 0 Å². The van der Waals surface area contributed by atoms with E-state index < -0.39 is 0 Å². The highest BCUT2D eigenvalue weighted by molar-refractivity contribution is 5.46. The van der Waals surface area contributed by atoms with Gasteiger partial charge in [-0.05, 0) is 12.1 Å². The summed E-state index contributed by atoms with van der Waals surface area (Å²) in [4.78, 5) is 4.16. The first-order valence-electron chi connectivity index (χ1n) is 5.41. The third-order valence-electron chi connectivity index (χ3n) is 2.57. The Kier molecular flexibility index (Phi) is 3.49. The summed E-state index contributed by atoms with van der Waals surface area (Å²) >= 11 is 0. The van der Waals surface area contributed by atoms with E-state index in [-0.39, 0.29) is 0 Å². The highest BCUT2D eigenvalue weighted by atomic mass is 16.5. The van der Waals surface area contributed by atoms with E-state index in [9.17, 15) is 0 Å². The molecule has 2 aromatic rings. The smallest absolute Gasteiger partial charge is 0.163 e. The van der Waals surface area contributed by atoms with E-state index in [2.05, 4.69) is 11.1 Å². The van der Waals surface area contributed by atoms with Crippen molar-refractivity contribution in [2.45, 2.75) is 6.61 Å². The number of aryl methyl sites for hydroxylation is 1. The monoisotopic (exact) mass is 243 g/mol. The molecule has 92 valence electrons. The van der Waals surface area contributed by atoms with Crippen LogP contribution >= 0.6 is 0 Å². The quantitative estimate of drug-likeness (QED) is 0.822. The normalized spacial score (nSPS) is 9.83. The molecular weight excluding hydrogens is 230 g/mol. The molecule has 0 saturated carbocycles. The van der Waals surface area contributed by atoms with E-state index in [0.29, 0.717) is 23.7 Å². The fourth-order valence-electron chi connectivity index (χ4n) is 1.54. The van der Waals surface area contributed by atoms with Crippen molar-refractivity contribution in [2.24, 2.45) is 7.05 Å². The molecule has 0 bridgehead atoms. The van der Waals surface area contributed by atoms with Crippen molar-refractivity contribution in [3.05, 3.63) is 42.0 Å². The highest BCUT2D eigenvalue weighted by Crippen LogP contribution is 2.28. The van der Waals surface area contributed by atoms with E-state index >= 15 is 0 Å². The number of aromatic nitrogens is 2. The van der Waals surface area contributed by atoms with Gasteiger partial charge in [0.2, 0.25) is 0 Å². The van der Waals surface area contributed by atoms with Crippen LogP contribution < -0.4 is 9.47 Å². The van der Waals surface area contributed by atoms with Crippen molar-refractivity contribution in [1.29, 1.82) is 5.26 Å². The molecule has 0 spiro atoms. The Hall–Kier alpha value is -2.48. The van der Waals surface area contributed by atoms with Crippen LogP contribution in [0, 0.1) is 11.3 Å². The Bertz CT molecular complexity index is 584. The summed E-state index contributed by atoms with van der Waals surface area (Å²) in [7, 11) is 3.46. The first kappa shape index (κ1) is 12.0. The molecule has 0 aliphatic rings. The van der Waals surface area contributed by atoms with E-state index in [1.54, 1.807) is 31.5 Å². The van der Waals surface area contributed by atoms with Crippen molar-refractivity contribution in [2.75, 3.05) is 7.11 Å². The van der Waals surface area contributed by atoms with Crippen molar-refractivity contribution in [3.63, 3.8) is 0 Å². The van der Waals surface area contributed by atoms with Crippen molar-refractivity contribution >= 4 is 0 Å². The minimum atomic E-state index is 0.328. The number of rotatable bonds is 4. The highest BCUT2D eigenvalue weighted by Gasteiger charge is 2.07. The molecule has 0 fully saturated rings. The summed E-state index contributed by atoms with van der Waals surface area (Å²) in [6.07, 6.45) is 3.56. The van der Waals surface area contributed by atoms with Crippen LogP contribution in [0.3, 0.4) is 0 Å². The molecular formula is C13H13N3O2. The minimum Gasteiger partial charge on any atom is -0.493 e. The zero-order valence-corrected chi connectivity index (χ0v) is 10.3. The molecule has 1 aromatic heterocycles. The molecule has 0 atom stereocenters. The number of hydrogen-bond acceptors (Lipinski definition) is 4. The number of imidazole rings is 1. The lowest BCUT2D eigenvalue weighted by molar-refractivity contribution is 0.273. The number of ether oxygens (including phenoxy) is 2. The van der Waals surface area contributed by atoms with Gasteiger partial charge in [-0.2, -0.15) is 5.26 Å². The number of benzene rings is 1. The van der Waals surface area contributed by atoms with Crippen LogP contribution in [-0.4, -0.2) is 16.7 Å². The van der Waals surface area contributed by atoms with Gasteiger partial charge in [0.15, 0.2) is 11.5 Å². The van der Waals surface area contributed by atoms with Crippen LogP contribution in [0.5, 0.6) is 11.5 Å². The number of hydrogen-bond donors (Lipinski definition) is 0. The van der Waals surface area contributed by atoms with Crippen LogP contribution in [0.2, 0.25) is 0 Å². The molecule has 0 saturated heterocycles. The SMILES string of the molecule is COc1ccc(C#N)cc1OCc1nccn1C. The first-order valence-corrected chi connectivity index (χ1v) is 5.41. The predicted molar refractivity (Wildman–Crippen MR) is 65.2 cm³/mol. The van der Waals surface area contributed by atoms with Crippen molar-refractivity contribution in [3.8, 4) is 17.6 Å². The van der Waals surface area contributed by atoms with Crippen LogP contribution in [0.15, 0.2) is 30.6 Å². The second-order valence-corrected chi connectivity index (χ2v) is 3.72. The molecule has 5 nitrogen and oxygen atoms in total. The molecule has 0 amide bonds. The van der Waals surface area contributed by atoms with Crippen LogP contribution in [0.4, 0.5) is 0 Å². The molecule has 0 radical (unpaired) electrons. The minimum absolute atomic E-state index is 0.328. The Balaban J connectivity index is 2.18. The maximum atomic E-state index is 8.86. The molecule has 0 unspecified atom stereocenters. The number of nitriles is 1. The Labute approximate surface area is 105 Å². The third kappa shape index (κ3) is 2.43. The lowest BCUT2D eigenvalue weighted by Gasteiger charge is -2.10. The fourth-order valence-corrected chi connectivity index (χ4v) is 1.54. The predicted octanol–water partition coefficient (Wildman–Crippen LogP) is 1.88. The lowest BCUT2D eigenvalue weighted by atomic mass is 10.2. The van der Waals surface area contributed by atoms with Gasteiger partial charge in [-0.25, -0.2) is 4.98 Å². The van der Waals surface area contributed by atoms with Crippen LogP contribution in [-0.2, 0) is 13.7 Å². The third-order valence-corrected chi connectivity index (χ3v) is 2.57. The van der Waals surface area contributed by atoms with Crippen LogP contribution in [0.1, 0.15) is 11.4 Å². The summed E-state index contributed by atoms with van der Waals surface area (Å²) in [5, 5.41) is 8.86. The van der Waals surface area contributed by atoms with Gasteiger partial charge in [0.1, 0.15) is 12.4 Å². The van der Waals surface area contributed by atoms with Crippen molar-refractivity contribution in [1.82, 2.24) is 9.55 Å². The van der Waals surface area contributed by atoms with E-state index in [4.69, 9.17) is 14.7 Å². The van der Waals surface area contributed by atoms with E-state index in [1.807, 2.05) is 17.8 Å². The lowest BCUT2D eigenvalue weighted by Crippen LogP contribution is -2.04. The molecule has 2 rings (SSSR count). The van der Waals surface area contributed by atoms with Crippen LogP contribution in [0.25, 0.3) is 0 Å². The molecule has 1 heterocycles. The Morgan fingerprint density at radius 1 is 1.39 bits per heavy atom. The fraction of sp³-hybridized carbons (Fsp3) is 0.231. The summed E-state index contributed by atoms with van der Waals surface area (Å²) in [6.45, 7) is 0.328. The summed E-state index contributed by atoms with van der Waals surface area (Å²) < 4.78 is 12.7. The average molecular weight is 243 g/mol. The van der Waals surface area contributed by atoms with Gasteiger partial charge in [0.25, 0.3) is 0 Å².